The van der Waals surface area contributed by atoms with Crippen molar-refractivity contribution in [2.45, 2.75) is 18.0 Å². The lowest BCUT2D eigenvalue weighted by molar-refractivity contribution is -0.194. The number of anilines is 1. The van der Waals surface area contributed by atoms with Gasteiger partial charge in [-0.3, -0.25) is 9.78 Å². The van der Waals surface area contributed by atoms with E-state index in [4.69, 9.17) is 5.73 Å². The number of halogens is 3. The van der Waals surface area contributed by atoms with Crippen molar-refractivity contribution in [1.29, 1.82) is 0 Å². The summed E-state index contributed by atoms with van der Waals surface area (Å²) in [7, 11) is 0. The van der Waals surface area contributed by atoms with Gasteiger partial charge in [-0.05, 0) is 35.4 Å². The SMILES string of the molecule is Nc1ccc(C2=NNC(=O)C(c3cccc4ncccc34)(C(F)(F)F)C2)cc1. The molecule has 3 N–H and O–H groups in total. The third kappa shape index (κ3) is 2.69. The maximum absolute atomic E-state index is 14.5. The van der Waals surface area contributed by atoms with Crippen molar-refractivity contribution in [3.8, 4) is 0 Å². The van der Waals surface area contributed by atoms with E-state index in [0.717, 1.165) is 0 Å². The Morgan fingerprint density at radius 3 is 2.50 bits per heavy atom. The van der Waals surface area contributed by atoms with Gasteiger partial charge in [0.1, 0.15) is 0 Å². The maximum Gasteiger partial charge on any atom is 0.407 e. The van der Waals surface area contributed by atoms with Crippen LogP contribution in [0.5, 0.6) is 0 Å². The fourth-order valence-electron chi connectivity index (χ4n) is 3.50. The zero-order chi connectivity index (χ0) is 19.9. The number of pyridine rings is 1. The molecule has 0 fully saturated rings. The molecule has 0 spiro atoms. The molecule has 28 heavy (non-hydrogen) atoms. The molecule has 2 heterocycles. The molecule has 0 radical (unpaired) electrons. The summed E-state index contributed by atoms with van der Waals surface area (Å²) in [5, 5.41) is 4.16. The first-order chi connectivity index (χ1) is 13.3. The van der Waals surface area contributed by atoms with Crippen LogP contribution in [0.2, 0.25) is 0 Å². The van der Waals surface area contributed by atoms with E-state index < -0.39 is 23.9 Å². The fourth-order valence-corrected chi connectivity index (χ4v) is 3.50. The molecule has 1 unspecified atom stereocenters. The van der Waals surface area contributed by atoms with Gasteiger partial charge < -0.3 is 5.73 Å². The zero-order valence-electron chi connectivity index (χ0n) is 14.5. The molecule has 1 aliphatic rings. The summed E-state index contributed by atoms with van der Waals surface area (Å²) in [6.07, 6.45) is -3.98. The van der Waals surface area contributed by atoms with Gasteiger partial charge >= 0.3 is 6.18 Å². The highest BCUT2D eigenvalue weighted by Crippen LogP contribution is 2.48. The number of hydrazone groups is 1. The maximum atomic E-state index is 14.5. The van der Waals surface area contributed by atoms with Crippen LogP contribution in [0.25, 0.3) is 10.9 Å². The second kappa shape index (κ2) is 6.33. The molecule has 142 valence electrons. The molecule has 1 aromatic heterocycles. The van der Waals surface area contributed by atoms with Crippen LogP contribution in [0.1, 0.15) is 17.5 Å². The van der Waals surface area contributed by atoms with Crippen LogP contribution in [0.3, 0.4) is 0 Å². The number of nitrogens with zero attached hydrogens (tertiary/aromatic N) is 2. The number of nitrogens with two attached hydrogens (primary N) is 1. The van der Waals surface area contributed by atoms with Gasteiger partial charge in [0, 0.05) is 23.7 Å². The minimum absolute atomic E-state index is 0.123. The number of rotatable bonds is 2. The lowest BCUT2D eigenvalue weighted by Crippen LogP contribution is -2.57. The summed E-state index contributed by atoms with van der Waals surface area (Å²) in [4.78, 5) is 16.8. The number of nitrogens with one attached hydrogen (secondary N) is 1. The standard InChI is InChI=1S/C20H15F3N4O/c21-20(22,23)19(15-4-1-5-16-14(15)3-2-10-25-16)11-17(26-27-18(19)28)12-6-8-13(24)9-7-12/h1-10H,11,24H2,(H,27,28). The number of hydrogen-bond acceptors (Lipinski definition) is 4. The molecule has 8 heteroatoms. The first-order valence-electron chi connectivity index (χ1n) is 8.47. The second-order valence-electron chi connectivity index (χ2n) is 6.58. The van der Waals surface area contributed by atoms with E-state index >= 15 is 0 Å². The molecule has 3 aromatic rings. The molecule has 5 nitrogen and oxygen atoms in total. The van der Waals surface area contributed by atoms with Gasteiger partial charge in [-0.15, -0.1) is 0 Å². The van der Waals surface area contributed by atoms with E-state index in [1.54, 1.807) is 36.4 Å². The van der Waals surface area contributed by atoms with E-state index in [9.17, 15) is 18.0 Å². The van der Waals surface area contributed by atoms with Crippen LogP contribution < -0.4 is 11.2 Å². The highest BCUT2D eigenvalue weighted by Gasteiger charge is 2.63. The van der Waals surface area contributed by atoms with Crippen LogP contribution >= 0.6 is 0 Å². The molecule has 2 aromatic carbocycles. The number of carbonyl (C=O) groups excluding carboxylic acids is 1. The smallest absolute Gasteiger partial charge is 0.399 e. The van der Waals surface area contributed by atoms with Gasteiger partial charge in [-0.2, -0.15) is 18.3 Å². The Morgan fingerprint density at radius 1 is 1.04 bits per heavy atom. The average molecular weight is 384 g/mol. The van der Waals surface area contributed by atoms with Crippen LogP contribution in [-0.2, 0) is 10.2 Å². The number of fused-ring (bicyclic) bond motifs is 1. The molecule has 0 aliphatic carbocycles. The number of benzene rings is 2. The molecular weight excluding hydrogens is 369 g/mol. The molecular formula is C20H15F3N4O. The predicted octanol–water partition coefficient (Wildman–Crippen LogP) is 3.54. The number of aromatic nitrogens is 1. The predicted molar refractivity (Wildman–Crippen MR) is 99.6 cm³/mol. The highest BCUT2D eigenvalue weighted by molar-refractivity contribution is 6.09. The molecule has 0 saturated heterocycles. The third-order valence-electron chi connectivity index (χ3n) is 4.95. The van der Waals surface area contributed by atoms with E-state index in [0.29, 0.717) is 16.8 Å². The van der Waals surface area contributed by atoms with Gasteiger partial charge in [0.25, 0.3) is 5.91 Å². The van der Waals surface area contributed by atoms with Crippen molar-refractivity contribution in [2.24, 2.45) is 5.10 Å². The fraction of sp³-hybridized carbons (Fsp3) is 0.150. The number of carbonyl (C=O) groups is 1. The largest absolute Gasteiger partial charge is 0.407 e. The van der Waals surface area contributed by atoms with Gasteiger partial charge in [0.15, 0.2) is 5.41 Å². The van der Waals surface area contributed by atoms with Crippen molar-refractivity contribution < 1.29 is 18.0 Å². The van der Waals surface area contributed by atoms with Crippen molar-refractivity contribution >= 4 is 28.2 Å². The summed E-state index contributed by atoms with van der Waals surface area (Å²) in [6, 6.07) is 13.8. The Kier molecular flexibility index (Phi) is 4.06. The van der Waals surface area contributed by atoms with Gasteiger partial charge in [0.05, 0.1) is 11.2 Å². The Labute approximate surface area is 158 Å². The Balaban J connectivity index is 1.94. The Morgan fingerprint density at radius 2 is 1.79 bits per heavy atom. The quantitative estimate of drug-likeness (QED) is 0.663. The molecule has 1 amide bonds. The van der Waals surface area contributed by atoms with E-state index in [1.165, 1.54) is 24.4 Å². The highest BCUT2D eigenvalue weighted by atomic mass is 19.4. The van der Waals surface area contributed by atoms with E-state index in [2.05, 4.69) is 15.5 Å². The summed E-state index contributed by atoms with van der Waals surface area (Å²) >= 11 is 0. The summed E-state index contributed by atoms with van der Waals surface area (Å²) in [6.45, 7) is 0. The van der Waals surface area contributed by atoms with Crippen molar-refractivity contribution in [1.82, 2.24) is 10.4 Å². The van der Waals surface area contributed by atoms with E-state index in [1.807, 2.05) is 0 Å². The Hall–Kier alpha value is -3.42. The molecule has 1 atom stereocenters. The lowest BCUT2D eigenvalue weighted by Gasteiger charge is -2.37. The second-order valence-corrected chi connectivity index (χ2v) is 6.58. The molecule has 0 saturated carbocycles. The first kappa shape index (κ1) is 18.0. The summed E-state index contributed by atoms with van der Waals surface area (Å²) in [5.41, 5.74) is 6.25. The van der Waals surface area contributed by atoms with E-state index in [-0.39, 0.29) is 16.7 Å². The number of amides is 1. The van der Waals surface area contributed by atoms with Crippen molar-refractivity contribution in [3.05, 3.63) is 71.9 Å². The molecule has 1 aliphatic heterocycles. The molecule has 4 rings (SSSR count). The molecule has 0 bridgehead atoms. The Bertz CT molecular complexity index is 1090. The van der Waals surface area contributed by atoms with Gasteiger partial charge in [-0.25, -0.2) is 5.43 Å². The average Bonchev–Trinajstić information content (AvgIpc) is 2.68. The monoisotopic (exact) mass is 384 g/mol. The third-order valence-corrected chi connectivity index (χ3v) is 4.95. The van der Waals surface area contributed by atoms with Crippen LogP contribution in [0.15, 0.2) is 65.9 Å². The van der Waals surface area contributed by atoms with Gasteiger partial charge in [-0.1, -0.05) is 30.3 Å². The van der Waals surface area contributed by atoms with Crippen LogP contribution in [0.4, 0.5) is 18.9 Å². The summed E-state index contributed by atoms with van der Waals surface area (Å²) in [5.74, 6) is -1.21. The normalized spacial score (nSPS) is 20.0. The van der Waals surface area contributed by atoms with Crippen molar-refractivity contribution in [2.75, 3.05) is 5.73 Å². The number of alkyl halides is 3. The van der Waals surface area contributed by atoms with Crippen LogP contribution in [0, 0.1) is 0 Å². The van der Waals surface area contributed by atoms with Crippen LogP contribution in [-0.4, -0.2) is 22.8 Å². The lowest BCUT2D eigenvalue weighted by atomic mass is 9.71. The van der Waals surface area contributed by atoms with Gasteiger partial charge in [0.2, 0.25) is 0 Å². The number of nitrogen functional groups attached to an aromatic ring is 1. The number of hydrogen-bond donors (Lipinski definition) is 2. The summed E-state index contributed by atoms with van der Waals surface area (Å²) < 4.78 is 43.4. The minimum Gasteiger partial charge on any atom is -0.399 e. The first-order valence-corrected chi connectivity index (χ1v) is 8.47. The minimum atomic E-state index is -4.85. The van der Waals surface area contributed by atoms with Crippen molar-refractivity contribution in [3.63, 3.8) is 0 Å². The topological polar surface area (TPSA) is 80.4 Å². The zero-order valence-corrected chi connectivity index (χ0v) is 14.5.